The highest BCUT2D eigenvalue weighted by Gasteiger charge is 2.32. The van der Waals surface area contributed by atoms with E-state index in [2.05, 4.69) is 21.1 Å². The monoisotopic (exact) mass is 292 g/mol. The van der Waals surface area contributed by atoms with E-state index >= 15 is 0 Å². The van der Waals surface area contributed by atoms with Crippen LogP contribution < -0.4 is 0 Å². The molecular formula is C16H28N4O. The van der Waals surface area contributed by atoms with Gasteiger partial charge in [0.2, 0.25) is 0 Å². The summed E-state index contributed by atoms with van der Waals surface area (Å²) in [6.07, 6.45) is 10.4. The first-order chi connectivity index (χ1) is 10.3. The SMILES string of the molecule is Cn1cc(CN2CCN(C3CCCC3)[C@@H](CCO)C2)cn1. The van der Waals surface area contributed by atoms with Crippen molar-refractivity contribution < 1.29 is 5.11 Å². The molecule has 1 N–H and O–H groups in total. The molecule has 1 aromatic heterocycles. The number of aliphatic hydroxyl groups is 1. The van der Waals surface area contributed by atoms with Gasteiger partial charge in [0.1, 0.15) is 0 Å². The van der Waals surface area contributed by atoms with Crippen LogP contribution in [0.25, 0.3) is 0 Å². The third kappa shape index (κ3) is 3.65. The Bertz CT molecular complexity index is 441. The van der Waals surface area contributed by atoms with Crippen LogP contribution in [0.15, 0.2) is 12.4 Å². The van der Waals surface area contributed by atoms with Gasteiger partial charge in [0.25, 0.3) is 0 Å². The molecule has 118 valence electrons. The summed E-state index contributed by atoms with van der Waals surface area (Å²) in [7, 11) is 1.97. The lowest BCUT2D eigenvalue weighted by Crippen LogP contribution is -2.55. The maximum absolute atomic E-state index is 9.40. The quantitative estimate of drug-likeness (QED) is 0.886. The van der Waals surface area contributed by atoms with E-state index < -0.39 is 0 Å². The molecule has 0 aromatic carbocycles. The third-order valence-corrected chi connectivity index (χ3v) is 5.03. The minimum Gasteiger partial charge on any atom is -0.396 e. The highest BCUT2D eigenvalue weighted by atomic mass is 16.3. The fraction of sp³-hybridized carbons (Fsp3) is 0.812. The zero-order valence-corrected chi connectivity index (χ0v) is 13.1. The summed E-state index contributed by atoms with van der Waals surface area (Å²) in [5.41, 5.74) is 1.29. The van der Waals surface area contributed by atoms with Crippen molar-refractivity contribution in [2.45, 2.75) is 50.7 Å². The number of nitrogens with zero attached hydrogens (tertiary/aromatic N) is 4. The molecule has 2 heterocycles. The minimum atomic E-state index is 0.300. The summed E-state index contributed by atoms with van der Waals surface area (Å²) < 4.78 is 1.87. The molecule has 1 aliphatic carbocycles. The molecule has 0 bridgehead atoms. The average molecular weight is 292 g/mol. The second-order valence-corrected chi connectivity index (χ2v) is 6.60. The summed E-state index contributed by atoms with van der Waals surface area (Å²) >= 11 is 0. The Kier molecular flexibility index (Phi) is 4.93. The van der Waals surface area contributed by atoms with Gasteiger partial charge in [0.05, 0.1) is 6.20 Å². The van der Waals surface area contributed by atoms with Crippen LogP contribution in [0.2, 0.25) is 0 Å². The number of aliphatic hydroxyl groups excluding tert-OH is 1. The molecule has 1 atom stereocenters. The van der Waals surface area contributed by atoms with Crippen molar-refractivity contribution in [1.82, 2.24) is 19.6 Å². The summed E-state index contributed by atoms with van der Waals surface area (Å²) in [4.78, 5) is 5.20. The van der Waals surface area contributed by atoms with Gasteiger partial charge in [0, 0.05) is 63.7 Å². The van der Waals surface area contributed by atoms with Crippen LogP contribution in [0.3, 0.4) is 0 Å². The molecule has 0 spiro atoms. The standard InChI is InChI=1S/C16H28N4O/c1-18-11-14(10-17-18)12-19-7-8-20(15-4-2-3-5-15)16(13-19)6-9-21/h10-11,15-16,21H,2-9,12-13H2,1H3/t16-/m0/s1. The lowest BCUT2D eigenvalue weighted by molar-refractivity contribution is 0.0267. The van der Waals surface area contributed by atoms with Gasteiger partial charge in [-0.25, -0.2) is 0 Å². The molecule has 3 rings (SSSR count). The van der Waals surface area contributed by atoms with E-state index in [0.29, 0.717) is 12.6 Å². The van der Waals surface area contributed by atoms with Crippen molar-refractivity contribution in [3.8, 4) is 0 Å². The van der Waals surface area contributed by atoms with E-state index in [4.69, 9.17) is 0 Å². The van der Waals surface area contributed by atoms with Crippen LogP contribution in [0.1, 0.15) is 37.7 Å². The molecule has 0 radical (unpaired) electrons. The smallest absolute Gasteiger partial charge is 0.0534 e. The highest BCUT2D eigenvalue weighted by Crippen LogP contribution is 2.28. The van der Waals surface area contributed by atoms with Gasteiger partial charge in [-0.2, -0.15) is 5.10 Å². The molecule has 1 saturated heterocycles. The average Bonchev–Trinajstić information content (AvgIpc) is 3.12. The fourth-order valence-electron chi connectivity index (χ4n) is 4.01. The zero-order valence-electron chi connectivity index (χ0n) is 13.1. The first kappa shape index (κ1) is 15.0. The van der Waals surface area contributed by atoms with Crippen LogP contribution >= 0.6 is 0 Å². The molecule has 5 heteroatoms. The van der Waals surface area contributed by atoms with E-state index in [1.807, 2.05) is 17.9 Å². The molecule has 0 unspecified atom stereocenters. The molecular weight excluding hydrogens is 264 g/mol. The lowest BCUT2D eigenvalue weighted by Gasteiger charge is -2.44. The van der Waals surface area contributed by atoms with Crippen molar-refractivity contribution in [2.24, 2.45) is 7.05 Å². The van der Waals surface area contributed by atoms with Crippen molar-refractivity contribution in [3.63, 3.8) is 0 Å². The summed E-state index contributed by atoms with van der Waals surface area (Å²) in [5.74, 6) is 0. The van der Waals surface area contributed by atoms with Crippen LogP contribution in [0.5, 0.6) is 0 Å². The van der Waals surface area contributed by atoms with E-state index in [1.54, 1.807) is 0 Å². The Hall–Kier alpha value is -0.910. The molecule has 1 aliphatic heterocycles. The first-order valence-electron chi connectivity index (χ1n) is 8.33. The number of piperazine rings is 1. The maximum Gasteiger partial charge on any atom is 0.0534 e. The maximum atomic E-state index is 9.40. The first-order valence-corrected chi connectivity index (χ1v) is 8.33. The van der Waals surface area contributed by atoms with Crippen molar-refractivity contribution in [1.29, 1.82) is 0 Å². The van der Waals surface area contributed by atoms with E-state index in [-0.39, 0.29) is 0 Å². The Balaban J connectivity index is 1.60. The zero-order chi connectivity index (χ0) is 14.7. The Labute approximate surface area is 127 Å². The van der Waals surface area contributed by atoms with Crippen LogP contribution in [0.4, 0.5) is 0 Å². The predicted octanol–water partition coefficient (Wildman–Crippen LogP) is 1.23. The molecule has 2 fully saturated rings. The fourth-order valence-corrected chi connectivity index (χ4v) is 4.01. The molecule has 21 heavy (non-hydrogen) atoms. The minimum absolute atomic E-state index is 0.300. The number of hydrogen-bond acceptors (Lipinski definition) is 4. The number of rotatable bonds is 5. The lowest BCUT2D eigenvalue weighted by atomic mass is 10.0. The topological polar surface area (TPSA) is 44.5 Å². The van der Waals surface area contributed by atoms with E-state index in [1.165, 1.54) is 31.2 Å². The molecule has 2 aliphatic rings. The summed E-state index contributed by atoms with van der Waals surface area (Å²) in [6.45, 7) is 4.64. The molecule has 1 aromatic rings. The molecule has 1 saturated carbocycles. The van der Waals surface area contributed by atoms with Crippen molar-refractivity contribution >= 4 is 0 Å². The Morgan fingerprint density at radius 3 is 2.76 bits per heavy atom. The van der Waals surface area contributed by atoms with Gasteiger partial charge in [-0.1, -0.05) is 12.8 Å². The Morgan fingerprint density at radius 2 is 2.10 bits per heavy atom. The van der Waals surface area contributed by atoms with Crippen LogP contribution in [0, 0.1) is 0 Å². The Morgan fingerprint density at radius 1 is 1.29 bits per heavy atom. The van der Waals surface area contributed by atoms with Gasteiger partial charge < -0.3 is 5.11 Å². The van der Waals surface area contributed by atoms with E-state index in [0.717, 1.165) is 38.6 Å². The van der Waals surface area contributed by atoms with Crippen LogP contribution in [-0.4, -0.2) is 63.0 Å². The predicted molar refractivity (Wildman–Crippen MR) is 82.9 cm³/mol. The normalized spacial score (nSPS) is 25.7. The van der Waals surface area contributed by atoms with Crippen molar-refractivity contribution in [2.75, 3.05) is 26.2 Å². The third-order valence-electron chi connectivity index (χ3n) is 5.03. The van der Waals surface area contributed by atoms with Crippen LogP contribution in [-0.2, 0) is 13.6 Å². The van der Waals surface area contributed by atoms with Gasteiger partial charge in [-0.15, -0.1) is 0 Å². The second kappa shape index (κ2) is 6.90. The van der Waals surface area contributed by atoms with Gasteiger partial charge >= 0.3 is 0 Å². The largest absolute Gasteiger partial charge is 0.396 e. The number of aryl methyl sites for hydroxylation is 1. The molecule has 0 amide bonds. The van der Waals surface area contributed by atoms with Crippen molar-refractivity contribution in [3.05, 3.63) is 18.0 Å². The number of aromatic nitrogens is 2. The van der Waals surface area contributed by atoms with Gasteiger partial charge in [0.15, 0.2) is 0 Å². The number of hydrogen-bond donors (Lipinski definition) is 1. The summed E-state index contributed by atoms with van der Waals surface area (Å²) in [6, 6.07) is 1.28. The van der Waals surface area contributed by atoms with Gasteiger partial charge in [-0.3, -0.25) is 14.5 Å². The highest BCUT2D eigenvalue weighted by molar-refractivity contribution is 5.04. The second-order valence-electron chi connectivity index (χ2n) is 6.60. The summed E-state index contributed by atoms with van der Waals surface area (Å²) in [5, 5.41) is 13.7. The van der Waals surface area contributed by atoms with Gasteiger partial charge in [-0.05, 0) is 19.3 Å². The van der Waals surface area contributed by atoms with E-state index in [9.17, 15) is 5.11 Å². The molecule has 5 nitrogen and oxygen atoms in total.